The highest BCUT2D eigenvalue weighted by atomic mass is 16.4. The molecule has 3 N–H and O–H groups in total. The predicted octanol–water partition coefficient (Wildman–Crippen LogP) is -1.37. The minimum atomic E-state index is -2.03. The molecule has 5 heteroatoms. The van der Waals surface area contributed by atoms with E-state index in [9.17, 15) is 9.59 Å². The van der Waals surface area contributed by atoms with Gasteiger partial charge in [0.05, 0.1) is 13.2 Å². The zero-order valence-electron chi connectivity index (χ0n) is 6.07. The quantitative estimate of drug-likeness (QED) is 0.443. The molecule has 0 aromatic rings. The third-order valence-electron chi connectivity index (χ3n) is 1.62. The first-order valence-corrected chi connectivity index (χ1v) is 2.97. The lowest BCUT2D eigenvalue weighted by Crippen LogP contribution is -2.44. The Morgan fingerprint density at radius 2 is 1.64 bits per heavy atom. The molecule has 0 spiro atoms. The first-order chi connectivity index (χ1) is 5.01. The molecule has 0 saturated carbocycles. The molecule has 0 aliphatic carbocycles. The average Bonchev–Trinajstić information content (AvgIpc) is 1.90. The second-order valence-electron chi connectivity index (χ2n) is 2.26. The molecule has 0 radical (unpaired) electrons. The molecule has 0 fully saturated rings. The fourth-order valence-corrected chi connectivity index (χ4v) is 0.559. The fourth-order valence-electron chi connectivity index (χ4n) is 0.559. The maximum absolute atomic E-state index is 10.7. The van der Waals surface area contributed by atoms with Crippen molar-refractivity contribution >= 4 is 11.8 Å². The van der Waals surface area contributed by atoms with Crippen LogP contribution in [-0.2, 0) is 9.59 Å². The van der Waals surface area contributed by atoms with Gasteiger partial charge in [-0.05, 0) is 6.92 Å². The third kappa shape index (κ3) is 1.55. The van der Waals surface area contributed by atoms with Crippen LogP contribution in [0.2, 0.25) is 0 Å². The van der Waals surface area contributed by atoms with Gasteiger partial charge in [-0.1, -0.05) is 0 Å². The van der Waals surface area contributed by atoms with Crippen LogP contribution in [-0.4, -0.2) is 40.3 Å². The van der Waals surface area contributed by atoms with Crippen molar-refractivity contribution in [2.75, 3.05) is 13.2 Å². The standard InChI is InChI=1S/C6H10O5/c1-4(9)6(2-7,3-8)5(10)11/h7-8H,2-3H2,1H3,(H,10,11). The molecule has 0 aliphatic rings. The molecule has 0 rings (SSSR count). The first-order valence-electron chi connectivity index (χ1n) is 2.97. The minimum Gasteiger partial charge on any atom is -0.480 e. The summed E-state index contributed by atoms with van der Waals surface area (Å²) in [6, 6.07) is 0. The Labute approximate surface area is 63.3 Å². The van der Waals surface area contributed by atoms with Gasteiger partial charge in [0.2, 0.25) is 0 Å². The minimum absolute atomic E-state index is 0.755. The van der Waals surface area contributed by atoms with E-state index in [4.69, 9.17) is 15.3 Å². The highest BCUT2D eigenvalue weighted by molar-refractivity contribution is 6.02. The van der Waals surface area contributed by atoms with Crippen LogP contribution >= 0.6 is 0 Å². The van der Waals surface area contributed by atoms with Gasteiger partial charge in [0.1, 0.15) is 0 Å². The molecular formula is C6H10O5. The summed E-state index contributed by atoms with van der Waals surface area (Å²) in [5, 5.41) is 25.6. The van der Waals surface area contributed by atoms with E-state index in [1.165, 1.54) is 0 Å². The zero-order valence-corrected chi connectivity index (χ0v) is 6.07. The molecule has 0 aromatic heterocycles. The summed E-state index contributed by atoms with van der Waals surface area (Å²) >= 11 is 0. The smallest absolute Gasteiger partial charge is 0.321 e. The molecule has 0 bridgehead atoms. The molecule has 5 nitrogen and oxygen atoms in total. The van der Waals surface area contributed by atoms with Crippen LogP contribution in [0, 0.1) is 5.41 Å². The second-order valence-corrected chi connectivity index (χ2v) is 2.26. The number of Topliss-reactive ketones (excluding diaryl/α,β-unsaturated/α-hetero) is 1. The van der Waals surface area contributed by atoms with E-state index in [0.29, 0.717) is 0 Å². The summed E-state index contributed by atoms with van der Waals surface area (Å²) in [7, 11) is 0. The van der Waals surface area contributed by atoms with Crippen molar-refractivity contribution in [2.24, 2.45) is 5.41 Å². The van der Waals surface area contributed by atoms with Crippen LogP contribution < -0.4 is 0 Å². The van der Waals surface area contributed by atoms with Crippen LogP contribution in [0.25, 0.3) is 0 Å². The van der Waals surface area contributed by atoms with E-state index < -0.39 is 30.4 Å². The molecule has 0 aromatic carbocycles. The molecule has 64 valence electrons. The third-order valence-corrected chi connectivity index (χ3v) is 1.62. The van der Waals surface area contributed by atoms with Crippen molar-refractivity contribution in [3.63, 3.8) is 0 Å². The maximum atomic E-state index is 10.7. The molecule has 0 amide bonds. The van der Waals surface area contributed by atoms with E-state index in [0.717, 1.165) is 6.92 Å². The van der Waals surface area contributed by atoms with Crippen molar-refractivity contribution in [2.45, 2.75) is 6.92 Å². The summed E-state index contributed by atoms with van der Waals surface area (Å²) in [4.78, 5) is 21.1. The van der Waals surface area contributed by atoms with E-state index in [-0.39, 0.29) is 0 Å². The van der Waals surface area contributed by atoms with E-state index in [2.05, 4.69) is 0 Å². The van der Waals surface area contributed by atoms with Crippen molar-refractivity contribution in [3.05, 3.63) is 0 Å². The van der Waals surface area contributed by atoms with Crippen LogP contribution in [0.15, 0.2) is 0 Å². The van der Waals surface area contributed by atoms with Crippen molar-refractivity contribution in [1.82, 2.24) is 0 Å². The normalized spacial score (nSPS) is 11.2. The van der Waals surface area contributed by atoms with Gasteiger partial charge < -0.3 is 15.3 Å². The highest BCUT2D eigenvalue weighted by Crippen LogP contribution is 2.16. The van der Waals surface area contributed by atoms with Gasteiger partial charge in [0.25, 0.3) is 0 Å². The summed E-state index contributed by atoms with van der Waals surface area (Å²) in [5.41, 5.74) is -2.03. The van der Waals surface area contributed by atoms with Gasteiger partial charge in [0.15, 0.2) is 11.2 Å². The number of aliphatic hydroxyl groups excluding tert-OH is 2. The Kier molecular flexibility index (Phi) is 3.16. The summed E-state index contributed by atoms with van der Waals surface area (Å²) < 4.78 is 0. The predicted molar refractivity (Wildman–Crippen MR) is 34.9 cm³/mol. The Morgan fingerprint density at radius 3 is 1.64 bits per heavy atom. The van der Waals surface area contributed by atoms with Crippen LogP contribution in [0.1, 0.15) is 6.92 Å². The summed E-state index contributed by atoms with van der Waals surface area (Å²) in [5.74, 6) is -2.26. The average molecular weight is 162 g/mol. The SMILES string of the molecule is CC(=O)C(CO)(CO)C(=O)O. The number of carboxylic acids is 1. The van der Waals surface area contributed by atoms with Crippen LogP contribution in [0.5, 0.6) is 0 Å². The number of carbonyl (C=O) groups excluding carboxylic acids is 1. The van der Waals surface area contributed by atoms with Crippen molar-refractivity contribution in [1.29, 1.82) is 0 Å². The second kappa shape index (κ2) is 3.45. The zero-order chi connectivity index (χ0) is 9.07. The van der Waals surface area contributed by atoms with Crippen molar-refractivity contribution < 1.29 is 24.9 Å². The molecule has 11 heavy (non-hydrogen) atoms. The number of carbonyl (C=O) groups is 2. The van der Waals surface area contributed by atoms with Gasteiger partial charge >= 0.3 is 5.97 Å². The molecule has 0 saturated heterocycles. The highest BCUT2D eigenvalue weighted by Gasteiger charge is 2.42. The fraction of sp³-hybridized carbons (Fsp3) is 0.667. The lowest BCUT2D eigenvalue weighted by Gasteiger charge is -2.20. The Hall–Kier alpha value is -0.940. The molecule has 0 aliphatic heterocycles. The number of rotatable bonds is 4. The Balaban J connectivity index is 4.76. The lowest BCUT2D eigenvalue weighted by molar-refractivity contribution is -0.160. The van der Waals surface area contributed by atoms with Crippen LogP contribution in [0.3, 0.4) is 0 Å². The Bertz CT molecular complexity index is 154. The Morgan fingerprint density at radius 1 is 1.27 bits per heavy atom. The van der Waals surface area contributed by atoms with Crippen molar-refractivity contribution in [3.8, 4) is 0 Å². The van der Waals surface area contributed by atoms with E-state index in [1.54, 1.807) is 0 Å². The number of aliphatic hydroxyl groups is 2. The first kappa shape index (κ1) is 10.1. The molecule has 0 heterocycles. The maximum Gasteiger partial charge on any atom is 0.321 e. The van der Waals surface area contributed by atoms with Gasteiger partial charge in [-0.25, -0.2) is 0 Å². The van der Waals surface area contributed by atoms with E-state index in [1.807, 2.05) is 0 Å². The van der Waals surface area contributed by atoms with Gasteiger partial charge in [-0.15, -0.1) is 0 Å². The number of ketones is 1. The monoisotopic (exact) mass is 162 g/mol. The number of aliphatic carboxylic acids is 1. The largest absolute Gasteiger partial charge is 0.480 e. The van der Waals surface area contributed by atoms with Crippen LogP contribution in [0.4, 0.5) is 0 Å². The molecule has 0 unspecified atom stereocenters. The van der Waals surface area contributed by atoms with Gasteiger partial charge in [-0.2, -0.15) is 0 Å². The lowest BCUT2D eigenvalue weighted by atomic mass is 9.86. The van der Waals surface area contributed by atoms with Gasteiger partial charge in [-0.3, -0.25) is 9.59 Å². The number of carboxylic acid groups (broad SMARTS) is 1. The number of hydrogen-bond acceptors (Lipinski definition) is 4. The topological polar surface area (TPSA) is 94.8 Å². The summed E-state index contributed by atoms with van der Waals surface area (Å²) in [6.45, 7) is -0.747. The molecular weight excluding hydrogens is 152 g/mol. The number of hydrogen-bond donors (Lipinski definition) is 3. The van der Waals surface area contributed by atoms with E-state index >= 15 is 0 Å². The summed E-state index contributed by atoms with van der Waals surface area (Å²) in [6.07, 6.45) is 0. The van der Waals surface area contributed by atoms with Gasteiger partial charge in [0, 0.05) is 0 Å². The molecule has 0 atom stereocenters.